The summed E-state index contributed by atoms with van der Waals surface area (Å²) in [4.78, 5) is 22.7. The SMILES string of the molecule is Cc1cc(C)cc(NC(=O)C2C=CC(=O)N=N2)c1. The van der Waals surface area contributed by atoms with Crippen LogP contribution >= 0.6 is 0 Å². The number of anilines is 1. The van der Waals surface area contributed by atoms with Gasteiger partial charge in [-0.25, -0.2) is 0 Å². The van der Waals surface area contributed by atoms with Crippen LogP contribution in [0.5, 0.6) is 0 Å². The Morgan fingerprint density at radius 1 is 1.22 bits per heavy atom. The van der Waals surface area contributed by atoms with Gasteiger partial charge in [0.2, 0.25) is 0 Å². The Kier molecular flexibility index (Phi) is 3.32. The van der Waals surface area contributed by atoms with Crippen molar-refractivity contribution in [3.8, 4) is 0 Å². The molecule has 2 amide bonds. The van der Waals surface area contributed by atoms with Gasteiger partial charge in [-0.15, -0.1) is 5.11 Å². The summed E-state index contributed by atoms with van der Waals surface area (Å²) in [5.41, 5.74) is 2.86. The van der Waals surface area contributed by atoms with Crippen molar-refractivity contribution in [1.82, 2.24) is 0 Å². The Bertz CT molecular complexity index is 525. The number of azo groups is 1. The zero-order chi connectivity index (χ0) is 13.1. The number of hydrogen-bond acceptors (Lipinski definition) is 3. The minimum atomic E-state index is -0.733. The van der Waals surface area contributed by atoms with Crippen molar-refractivity contribution < 1.29 is 9.59 Å². The molecule has 1 aliphatic heterocycles. The van der Waals surface area contributed by atoms with Gasteiger partial charge in [-0.2, -0.15) is 5.11 Å². The maximum absolute atomic E-state index is 11.9. The first-order chi connectivity index (χ1) is 8.54. The molecule has 0 radical (unpaired) electrons. The molecule has 0 bridgehead atoms. The van der Waals surface area contributed by atoms with Crippen LogP contribution in [0.4, 0.5) is 5.69 Å². The fourth-order valence-corrected chi connectivity index (χ4v) is 1.77. The second-order valence-corrected chi connectivity index (χ2v) is 4.22. The van der Waals surface area contributed by atoms with Gasteiger partial charge in [0.25, 0.3) is 11.8 Å². The van der Waals surface area contributed by atoms with Crippen LogP contribution in [0.2, 0.25) is 0 Å². The van der Waals surface area contributed by atoms with Crippen molar-refractivity contribution in [2.45, 2.75) is 19.9 Å². The third-order valence-electron chi connectivity index (χ3n) is 2.46. The van der Waals surface area contributed by atoms with Crippen molar-refractivity contribution in [3.63, 3.8) is 0 Å². The fraction of sp³-hybridized carbons (Fsp3) is 0.231. The van der Waals surface area contributed by atoms with Gasteiger partial charge >= 0.3 is 0 Å². The van der Waals surface area contributed by atoms with Crippen LogP contribution in [0.3, 0.4) is 0 Å². The molecular formula is C13H13N3O2. The molecule has 1 unspecified atom stereocenters. The maximum atomic E-state index is 11.9. The molecule has 0 aromatic heterocycles. The van der Waals surface area contributed by atoms with E-state index < -0.39 is 11.9 Å². The first-order valence-corrected chi connectivity index (χ1v) is 5.57. The fourth-order valence-electron chi connectivity index (χ4n) is 1.77. The quantitative estimate of drug-likeness (QED) is 0.864. The van der Waals surface area contributed by atoms with Gasteiger partial charge in [-0.05, 0) is 43.2 Å². The monoisotopic (exact) mass is 243 g/mol. The Balaban J connectivity index is 2.10. The highest BCUT2D eigenvalue weighted by Crippen LogP contribution is 2.15. The Morgan fingerprint density at radius 2 is 1.89 bits per heavy atom. The predicted molar refractivity (Wildman–Crippen MR) is 67.3 cm³/mol. The van der Waals surface area contributed by atoms with Crippen molar-refractivity contribution in [2.75, 3.05) is 5.32 Å². The molecule has 1 aliphatic rings. The molecule has 0 saturated heterocycles. The number of amides is 2. The summed E-state index contributed by atoms with van der Waals surface area (Å²) >= 11 is 0. The van der Waals surface area contributed by atoms with E-state index >= 15 is 0 Å². The minimum absolute atomic E-state index is 0.299. The molecule has 1 atom stereocenters. The molecular weight excluding hydrogens is 230 g/mol. The van der Waals surface area contributed by atoms with Gasteiger partial charge in [0.15, 0.2) is 6.04 Å². The van der Waals surface area contributed by atoms with E-state index in [0.717, 1.165) is 16.8 Å². The van der Waals surface area contributed by atoms with Crippen LogP contribution < -0.4 is 5.32 Å². The summed E-state index contributed by atoms with van der Waals surface area (Å²) in [7, 11) is 0. The summed E-state index contributed by atoms with van der Waals surface area (Å²) in [6.07, 6.45) is 2.69. The van der Waals surface area contributed by atoms with Crippen LogP contribution in [0.1, 0.15) is 11.1 Å². The van der Waals surface area contributed by atoms with Gasteiger partial charge in [0, 0.05) is 11.8 Å². The van der Waals surface area contributed by atoms with Gasteiger partial charge in [0.05, 0.1) is 0 Å². The van der Waals surface area contributed by atoms with E-state index in [-0.39, 0.29) is 5.91 Å². The highest BCUT2D eigenvalue weighted by Gasteiger charge is 2.18. The molecule has 1 aromatic carbocycles. The number of carbonyl (C=O) groups excluding carboxylic acids is 2. The number of rotatable bonds is 2. The topological polar surface area (TPSA) is 70.9 Å². The number of carbonyl (C=O) groups is 2. The average Bonchev–Trinajstić information content (AvgIpc) is 2.28. The van der Waals surface area contributed by atoms with Crippen LogP contribution in [0, 0.1) is 13.8 Å². The zero-order valence-electron chi connectivity index (χ0n) is 10.2. The maximum Gasteiger partial charge on any atom is 0.287 e. The second kappa shape index (κ2) is 4.91. The molecule has 1 N–H and O–H groups in total. The van der Waals surface area contributed by atoms with Crippen molar-refractivity contribution in [2.24, 2.45) is 10.2 Å². The van der Waals surface area contributed by atoms with Gasteiger partial charge < -0.3 is 5.32 Å². The average molecular weight is 243 g/mol. The van der Waals surface area contributed by atoms with Crippen molar-refractivity contribution in [1.29, 1.82) is 0 Å². The highest BCUT2D eigenvalue weighted by molar-refractivity contribution is 5.98. The molecule has 2 rings (SSSR count). The van der Waals surface area contributed by atoms with Crippen LogP contribution in [-0.2, 0) is 9.59 Å². The summed E-state index contributed by atoms with van der Waals surface area (Å²) < 4.78 is 0. The first kappa shape index (κ1) is 12.2. The van der Waals surface area contributed by atoms with Crippen molar-refractivity contribution >= 4 is 17.5 Å². The third-order valence-corrected chi connectivity index (χ3v) is 2.46. The molecule has 1 heterocycles. The molecule has 0 saturated carbocycles. The molecule has 0 spiro atoms. The van der Waals surface area contributed by atoms with E-state index in [4.69, 9.17) is 0 Å². The summed E-state index contributed by atoms with van der Waals surface area (Å²) in [6, 6.07) is 5.04. The third kappa shape index (κ3) is 2.88. The lowest BCUT2D eigenvalue weighted by atomic mass is 10.1. The standard InChI is InChI=1S/C13H13N3O2/c1-8-5-9(2)7-10(6-8)14-13(18)11-3-4-12(17)16-15-11/h3-7,11H,1-2H3,(H,14,18). The van der Waals surface area contributed by atoms with E-state index in [1.165, 1.54) is 12.2 Å². The van der Waals surface area contributed by atoms with E-state index in [2.05, 4.69) is 15.5 Å². The molecule has 5 nitrogen and oxygen atoms in total. The number of hydrogen-bond donors (Lipinski definition) is 1. The normalized spacial score (nSPS) is 17.9. The van der Waals surface area contributed by atoms with Crippen LogP contribution in [0.15, 0.2) is 40.6 Å². The Hall–Kier alpha value is -2.30. The van der Waals surface area contributed by atoms with E-state index in [1.54, 1.807) is 0 Å². The number of nitrogens with zero attached hydrogens (tertiary/aromatic N) is 2. The minimum Gasteiger partial charge on any atom is -0.324 e. The smallest absolute Gasteiger partial charge is 0.287 e. The van der Waals surface area contributed by atoms with E-state index in [0.29, 0.717) is 0 Å². The van der Waals surface area contributed by atoms with Gasteiger partial charge in [-0.3, -0.25) is 9.59 Å². The molecule has 18 heavy (non-hydrogen) atoms. The predicted octanol–water partition coefficient (Wildman–Crippen LogP) is 2.16. The summed E-state index contributed by atoms with van der Waals surface area (Å²) in [5.74, 6) is -0.738. The van der Waals surface area contributed by atoms with E-state index in [1.807, 2.05) is 32.0 Å². The number of aryl methyl sites for hydroxylation is 2. The number of benzene rings is 1. The van der Waals surface area contributed by atoms with E-state index in [9.17, 15) is 9.59 Å². The Morgan fingerprint density at radius 3 is 2.44 bits per heavy atom. The molecule has 5 heteroatoms. The zero-order valence-corrected chi connectivity index (χ0v) is 10.2. The van der Waals surface area contributed by atoms with Crippen molar-refractivity contribution in [3.05, 3.63) is 41.5 Å². The largest absolute Gasteiger partial charge is 0.324 e. The molecule has 0 fully saturated rings. The molecule has 1 aromatic rings. The van der Waals surface area contributed by atoms with Crippen LogP contribution in [0.25, 0.3) is 0 Å². The summed E-state index contributed by atoms with van der Waals surface area (Å²) in [6.45, 7) is 3.92. The highest BCUT2D eigenvalue weighted by atomic mass is 16.2. The molecule has 92 valence electrons. The lowest BCUT2D eigenvalue weighted by molar-refractivity contribution is -0.117. The molecule has 0 aliphatic carbocycles. The summed E-state index contributed by atoms with van der Waals surface area (Å²) in [5, 5.41) is 9.73. The lowest BCUT2D eigenvalue weighted by Crippen LogP contribution is -2.25. The van der Waals surface area contributed by atoms with Gasteiger partial charge in [-0.1, -0.05) is 6.07 Å². The number of nitrogens with one attached hydrogen (secondary N) is 1. The second-order valence-electron chi connectivity index (χ2n) is 4.22. The first-order valence-electron chi connectivity index (χ1n) is 5.57. The Labute approximate surface area is 105 Å². The lowest BCUT2D eigenvalue weighted by Gasteiger charge is -2.11. The van der Waals surface area contributed by atoms with Gasteiger partial charge in [0.1, 0.15) is 0 Å². The van der Waals surface area contributed by atoms with Crippen LogP contribution in [-0.4, -0.2) is 17.9 Å².